The second-order valence-corrected chi connectivity index (χ2v) is 5.70. The quantitative estimate of drug-likeness (QED) is 0.890. The molecule has 0 radical (unpaired) electrons. The molecule has 1 fully saturated rings. The lowest BCUT2D eigenvalue weighted by molar-refractivity contribution is -0.139. The fraction of sp³-hybridized carbons (Fsp3) is 0.500. The average molecular weight is 289 g/mol. The van der Waals surface area contributed by atoms with Gasteiger partial charge in [-0.15, -0.1) is 0 Å². The number of benzene rings is 1. The number of fused-ring (bicyclic) bond motifs is 1. The number of carbonyl (C=O) groups is 2. The highest BCUT2D eigenvalue weighted by Crippen LogP contribution is 2.40. The molecule has 5 heteroatoms. The Balaban J connectivity index is 1.74. The molecular weight excluding hydrogens is 270 g/mol. The molecule has 21 heavy (non-hydrogen) atoms. The van der Waals surface area contributed by atoms with Crippen molar-refractivity contribution in [1.29, 1.82) is 0 Å². The summed E-state index contributed by atoms with van der Waals surface area (Å²) in [4.78, 5) is 23.7. The van der Waals surface area contributed by atoms with Crippen molar-refractivity contribution in [2.45, 2.75) is 31.2 Å². The van der Waals surface area contributed by atoms with Gasteiger partial charge in [-0.05, 0) is 30.4 Å². The third kappa shape index (κ3) is 2.78. The van der Waals surface area contributed by atoms with E-state index in [4.69, 9.17) is 4.74 Å². The van der Waals surface area contributed by atoms with E-state index in [0.29, 0.717) is 19.6 Å². The van der Waals surface area contributed by atoms with Crippen LogP contribution < -0.4 is 5.32 Å². The smallest absolute Gasteiger partial charge is 0.311 e. The molecule has 2 unspecified atom stereocenters. The average Bonchev–Trinajstić information content (AvgIpc) is 2.87. The Morgan fingerprint density at radius 3 is 2.48 bits per heavy atom. The Morgan fingerprint density at radius 2 is 1.81 bits per heavy atom. The van der Waals surface area contributed by atoms with E-state index in [9.17, 15) is 14.7 Å². The minimum absolute atomic E-state index is 0.0177. The van der Waals surface area contributed by atoms with E-state index in [1.54, 1.807) is 0 Å². The Morgan fingerprint density at radius 1 is 1.14 bits per heavy atom. The lowest BCUT2D eigenvalue weighted by Crippen LogP contribution is -2.36. The third-order valence-electron chi connectivity index (χ3n) is 4.42. The first kappa shape index (κ1) is 14.1. The Bertz CT molecular complexity index is 551. The van der Waals surface area contributed by atoms with Crippen molar-refractivity contribution < 1.29 is 19.4 Å². The molecule has 1 aliphatic carbocycles. The molecule has 2 aliphatic rings. The number of aliphatic carboxylic acids is 1. The molecule has 3 rings (SSSR count). The largest absolute Gasteiger partial charge is 0.481 e. The monoisotopic (exact) mass is 289 g/mol. The predicted molar refractivity (Wildman–Crippen MR) is 75.9 cm³/mol. The zero-order chi connectivity index (χ0) is 14.8. The summed E-state index contributed by atoms with van der Waals surface area (Å²) in [6, 6.07) is 7.29. The Hall–Kier alpha value is -1.88. The molecule has 5 nitrogen and oxygen atoms in total. The van der Waals surface area contributed by atoms with Gasteiger partial charge in [0.15, 0.2) is 0 Å². The van der Waals surface area contributed by atoms with Crippen molar-refractivity contribution in [2.75, 3.05) is 13.2 Å². The van der Waals surface area contributed by atoms with Crippen LogP contribution >= 0.6 is 0 Å². The predicted octanol–water partition coefficient (Wildman–Crippen LogP) is 1.84. The van der Waals surface area contributed by atoms with Crippen molar-refractivity contribution in [3.05, 3.63) is 35.4 Å². The summed E-state index contributed by atoms with van der Waals surface area (Å²) in [6.07, 6.45) is 1.91. The van der Waals surface area contributed by atoms with Gasteiger partial charge in [-0.2, -0.15) is 0 Å². The first-order valence-corrected chi connectivity index (χ1v) is 7.36. The minimum Gasteiger partial charge on any atom is -0.481 e. The molecule has 1 aromatic carbocycles. The molecule has 1 saturated heterocycles. The van der Waals surface area contributed by atoms with Crippen LogP contribution in [0.1, 0.15) is 42.3 Å². The van der Waals surface area contributed by atoms with Crippen LogP contribution in [-0.4, -0.2) is 30.2 Å². The first-order valence-electron chi connectivity index (χ1n) is 7.36. The zero-order valence-electron chi connectivity index (χ0n) is 11.7. The van der Waals surface area contributed by atoms with Crippen molar-refractivity contribution >= 4 is 11.9 Å². The van der Waals surface area contributed by atoms with Crippen LogP contribution in [0.25, 0.3) is 0 Å². The lowest BCUT2D eigenvalue weighted by atomic mass is 9.98. The second kappa shape index (κ2) is 5.85. The van der Waals surface area contributed by atoms with Gasteiger partial charge in [-0.25, -0.2) is 0 Å². The van der Waals surface area contributed by atoms with Gasteiger partial charge in [0.25, 0.3) is 0 Å². The number of hydrogen-bond donors (Lipinski definition) is 2. The number of carbonyl (C=O) groups excluding carboxylic acids is 1. The highest BCUT2D eigenvalue weighted by Gasteiger charge is 2.36. The summed E-state index contributed by atoms with van der Waals surface area (Å²) in [7, 11) is 0. The van der Waals surface area contributed by atoms with E-state index in [1.807, 2.05) is 24.3 Å². The molecule has 1 aliphatic heterocycles. The zero-order valence-corrected chi connectivity index (χ0v) is 11.7. The van der Waals surface area contributed by atoms with Gasteiger partial charge in [0.1, 0.15) is 0 Å². The molecule has 0 aromatic heterocycles. The maximum Gasteiger partial charge on any atom is 0.311 e. The summed E-state index contributed by atoms with van der Waals surface area (Å²) in [5.74, 6) is -1.36. The SMILES string of the molecule is O=C(NC1CC(C(=O)O)c2ccccc21)C1CCOCC1. The summed E-state index contributed by atoms with van der Waals surface area (Å²) >= 11 is 0. The van der Waals surface area contributed by atoms with E-state index >= 15 is 0 Å². The van der Waals surface area contributed by atoms with Crippen molar-refractivity contribution in [3.63, 3.8) is 0 Å². The Kier molecular flexibility index (Phi) is 3.92. The van der Waals surface area contributed by atoms with Crippen LogP contribution in [0.2, 0.25) is 0 Å². The molecular formula is C16H19NO4. The molecule has 1 amide bonds. The standard InChI is InChI=1S/C16H19NO4/c18-15(10-5-7-21-8-6-10)17-14-9-13(16(19)20)11-3-1-2-4-12(11)14/h1-4,10,13-14H,5-9H2,(H,17,18)(H,19,20). The van der Waals surface area contributed by atoms with E-state index in [0.717, 1.165) is 24.0 Å². The highest BCUT2D eigenvalue weighted by molar-refractivity contribution is 5.81. The molecule has 2 N–H and O–H groups in total. The Labute approximate surface area is 123 Å². The van der Waals surface area contributed by atoms with Crippen molar-refractivity contribution in [2.24, 2.45) is 5.92 Å². The van der Waals surface area contributed by atoms with Gasteiger partial charge in [0.2, 0.25) is 5.91 Å². The van der Waals surface area contributed by atoms with Crippen LogP contribution in [-0.2, 0) is 14.3 Å². The molecule has 0 saturated carbocycles. The number of hydrogen-bond acceptors (Lipinski definition) is 3. The maximum absolute atomic E-state index is 12.3. The van der Waals surface area contributed by atoms with E-state index < -0.39 is 11.9 Å². The van der Waals surface area contributed by atoms with Crippen LogP contribution in [0.5, 0.6) is 0 Å². The lowest BCUT2D eigenvalue weighted by Gasteiger charge is -2.23. The molecule has 0 spiro atoms. The maximum atomic E-state index is 12.3. The molecule has 0 bridgehead atoms. The van der Waals surface area contributed by atoms with Crippen LogP contribution in [0, 0.1) is 5.92 Å². The van der Waals surface area contributed by atoms with Gasteiger partial charge in [0.05, 0.1) is 12.0 Å². The van der Waals surface area contributed by atoms with E-state index in [1.165, 1.54) is 0 Å². The fourth-order valence-corrected chi connectivity index (χ4v) is 3.26. The number of carboxylic acids is 1. The number of carboxylic acid groups (broad SMARTS) is 1. The first-order chi connectivity index (χ1) is 10.2. The van der Waals surface area contributed by atoms with Gasteiger partial charge in [-0.3, -0.25) is 9.59 Å². The molecule has 1 heterocycles. The van der Waals surface area contributed by atoms with E-state index in [-0.39, 0.29) is 17.9 Å². The van der Waals surface area contributed by atoms with Gasteiger partial charge in [-0.1, -0.05) is 24.3 Å². The van der Waals surface area contributed by atoms with Crippen molar-refractivity contribution in [1.82, 2.24) is 5.32 Å². The summed E-state index contributed by atoms with van der Waals surface area (Å²) < 4.78 is 5.27. The highest BCUT2D eigenvalue weighted by atomic mass is 16.5. The van der Waals surface area contributed by atoms with E-state index in [2.05, 4.69) is 5.32 Å². The van der Waals surface area contributed by atoms with Gasteiger partial charge >= 0.3 is 5.97 Å². The third-order valence-corrected chi connectivity index (χ3v) is 4.42. The molecule has 112 valence electrons. The minimum atomic E-state index is -0.828. The van der Waals surface area contributed by atoms with Crippen molar-refractivity contribution in [3.8, 4) is 0 Å². The number of ether oxygens (including phenoxy) is 1. The second-order valence-electron chi connectivity index (χ2n) is 5.70. The van der Waals surface area contributed by atoms with Gasteiger partial charge < -0.3 is 15.2 Å². The molecule has 1 aromatic rings. The normalized spacial score (nSPS) is 25.3. The number of rotatable bonds is 3. The summed E-state index contributed by atoms with van der Waals surface area (Å²) in [6.45, 7) is 1.24. The van der Waals surface area contributed by atoms with Crippen LogP contribution in [0.4, 0.5) is 0 Å². The van der Waals surface area contributed by atoms with Crippen LogP contribution in [0.3, 0.4) is 0 Å². The number of amides is 1. The van der Waals surface area contributed by atoms with Crippen LogP contribution in [0.15, 0.2) is 24.3 Å². The summed E-state index contributed by atoms with van der Waals surface area (Å²) in [5.41, 5.74) is 1.76. The van der Waals surface area contributed by atoms with Gasteiger partial charge in [0, 0.05) is 19.1 Å². The topological polar surface area (TPSA) is 75.6 Å². The molecule has 2 atom stereocenters. The number of nitrogens with one attached hydrogen (secondary N) is 1. The fourth-order valence-electron chi connectivity index (χ4n) is 3.26. The summed E-state index contributed by atoms with van der Waals surface area (Å²) in [5, 5.41) is 12.4.